The van der Waals surface area contributed by atoms with Gasteiger partial charge in [0.2, 0.25) is 5.91 Å². The molecule has 2 rings (SSSR count). The number of rotatable bonds is 5. The first-order chi connectivity index (χ1) is 11.1. The van der Waals surface area contributed by atoms with Crippen LogP contribution in [0.5, 0.6) is 0 Å². The van der Waals surface area contributed by atoms with Crippen LogP contribution in [0.1, 0.15) is 25.3 Å². The Morgan fingerprint density at radius 3 is 2.70 bits per heavy atom. The zero-order chi connectivity index (χ0) is 16.7. The van der Waals surface area contributed by atoms with Crippen molar-refractivity contribution < 1.29 is 14.3 Å². The van der Waals surface area contributed by atoms with Crippen LogP contribution in [-0.4, -0.2) is 49.2 Å². The summed E-state index contributed by atoms with van der Waals surface area (Å²) in [6, 6.07) is 7.98. The summed E-state index contributed by atoms with van der Waals surface area (Å²) in [7, 11) is 0. The summed E-state index contributed by atoms with van der Waals surface area (Å²) in [5.74, 6) is -0.0524. The van der Waals surface area contributed by atoms with Gasteiger partial charge in [-0.1, -0.05) is 12.1 Å². The number of benzene rings is 1. The number of piperidine rings is 1. The zero-order valence-corrected chi connectivity index (χ0v) is 13.8. The van der Waals surface area contributed by atoms with Gasteiger partial charge in [-0.3, -0.25) is 4.79 Å². The van der Waals surface area contributed by atoms with Crippen molar-refractivity contribution in [2.75, 3.05) is 31.6 Å². The summed E-state index contributed by atoms with van der Waals surface area (Å²) in [5.41, 5.74) is 1.93. The second-order valence-corrected chi connectivity index (χ2v) is 5.76. The maximum Gasteiger partial charge on any atom is 0.409 e. The Hall–Kier alpha value is -2.08. The topological polar surface area (TPSA) is 70.7 Å². The Bertz CT molecular complexity index is 540. The molecule has 1 aliphatic rings. The van der Waals surface area contributed by atoms with Crippen LogP contribution in [0.25, 0.3) is 0 Å². The molecule has 6 nitrogen and oxygen atoms in total. The second-order valence-electron chi connectivity index (χ2n) is 5.76. The van der Waals surface area contributed by atoms with Gasteiger partial charge in [-0.2, -0.15) is 0 Å². The number of carbonyl (C=O) groups excluding carboxylic acids is 2. The summed E-state index contributed by atoms with van der Waals surface area (Å²) in [6.45, 7) is 5.80. The first-order valence-electron chi connectivity index (χ1n) is 8.10. The van der Waals surface area contributed by atoms with E-state index < -0.39 is 0 Å². The van der Waals surface area contributed by atoms with E-state index in [-0.39, 0.29) is 24.6 Å². The largest absolute Gasteiger partial charge is 0.450 e. The lowest BCUT2D eigenvalue weighted by Gasteiger charge is -2.31. The number of aryl methyl sites for hydroxylation is 1. The van der Waals surface area contributed by atoms with E-state index in [1.807, 2.05) is 31.2 Å². The second kappa shape index (κ2) is 8.53. The molecule has 6 heteroatoms. The van der Waals surface area contributed by atoms with Gasteiger partial charge in [-0.25, -0.2) is 4.79 Å². The third kappa shape index (κ3) is 5.56. The number of hydrogen-bond acceptors (Lipinski definition) is 4. The number of nitrogens with zero attached hydrogens (tertiary/aromatic N) is 1. The molecule has 1 saturated heterocycles. The van der Waals surface area contributed by atoms with Crippen molar-refractivity contribution in [1.82, 2.24) is 10.2 Å². The highest BCUT2D eigenvalue weighted by molar-refractivity contribution is 5.92. The number of hydrogen-bond donors (Lipinski definition) is 2. The lowest BCUT2D eigenvalue weighted by molar-refractivity contribution is -0.115. The van der Waals surface area contributed by atoms with Crippen LogP contribution in [0, 0.1) is 6.92 Å². The van der Waals surface area contributed by atoms with E-state index in [1.54, 1.807) is 11.8 Å². The quantitative estimate of drug-likeness (QED) is 0.872. The molecule has 0 aromatic heterocycles. The summed E-state index contributed by atoms with van der Waals surface area (Å²) in [6.07, 6.45) is 1.41. The van der Waals surface area contributed by atoms with Crippen molar-refractivity contribution in [2.24, 2.45) is 0 Å². The molecule has 1 heterocycles. The minimum atomic E-state index is -0.247. The number of likely N-dealkylation sites (tertiary alicyclic amines) is 1. The minimum Gasteiger partial charge on any atom is -0.450 e. The van der Waals surface area contributed by atoms with Crippen molar-refractivity contribution in [3.05, 3.63) is 29.8 Å². The van der Waals surface area contributed by atoms with Gasteiger partial charge < -0.3 is 20.3 Å². The van der Waals surface area contributed by atoms with Gasteiger partial charge in [0.15, 0.2) is 0 Å². The van der Waals surface area contributed by atoms with Gasteiger partial charge in [0.25, 0.3) is 0 Å². The van der Waals surface area contributed by atoms with Gasteiger partial charge in [0.05, 0.1) is 13.2 Å². The van der Waals surface area contributed by atoms with E-state index in [0.717, 1.165) is 24.1 Å². The van der Waals surface area contributed by atoms with Gasteiger partial charge in [-0.05, 0) is 44.4 Å². The van der Waals surface area contributed by atoms with E-state index >= 15 is 0 Å². The third-order valence-corrected chi connectivity index (χ3v) is 3.87. The molecular weight excluding hydrogens is 294 g/mol. The van der Waals surface area contributed by atoms with E-state index in [4.69, 9.17) is 4.74 Å². The first-order valence-corrected chi connectivity index (χ1v) is 8.10. The van der Waals surface area contributed by atoms with Crippen molar-refractivity contribution in [1.29, 1.82) is 0 Å². The molecule has 0 radical (unpaired) electrons. The highest BCUT2D eigenvalue weighted by Gasteiger charge is 2.23. The van der Waals surface area contributed by atoms with Crippen LogP contribution in [0.15, 0.2) is 24.3 Å². The predicted octanol–water partition coefficient (Wildman–Crippen LogP) is 2.14. The number of nitrogens with one attached hydrogen (secondary N) is 2. The molecule has 126 valence electrons. The summed E-state index contributed by atoms with van der Waals surface area (Å²) < 4.78 is 4.99. The standard InChI is InChI=1S/C17H25N3O3/c1-3-23-17(22)20-9-7-14(8-10-20)18-12-16(21)19-15-6-4-5-13(2)11-15/h4-6,11,14,18H,3,7-10,12H2,1-2H3,(H,19,21). The van der Waals surface area contributed by atoms with Crippen molar-refractivity contribution >= 4 is 17.7 Å². The molecule has 0 atom stereocenters. The van der Waals surface area contributed by atoms with E-state index in [2.05, 4.69) is 10.6 Å². The summed E-state index contributed by atoms with van der Waals surface area (Å²) in [5, 5.41) is 6.14. The maximum absolute atomic E-state index is 12.0. The van der Waals surface area contributed by atoms with Crippen LogP contribution < -0.4 is 10.6 Å². The molecule has 0 bridgehead atoms. The fourth-order valence-electron chi connectivity index (χ4n) is 2.65. The molecule has 0 aliphatic carbocycles. The Morgan fingerprint density at radius 2 is 2.04 bits per heavy atom. The molecule has 0 saturated carbocycles. The molecule has 1 aliphatic heterocycles. The number of anilines is 1. The smallest absolute Gasteiger partial charge is 0.409 e. The Morgan fingerprint density at radius 1 is 1.30 bits per heavy atom. The molecular formula is C17H25N3O3. The van der Waals surface area contributed by atoms with Crippen LogP contribution in [-0.2, 0) is 9.53 Å². The van der Waals surface area contributed by atoms with Crippen LogP contribution in [0.3, 0.4) is 0 Å². The molecule has 2 N–H and O–H groups in total. The number of ether oxygens (including phenoxy) is 1. The monoisotopic (exact) mass is 319 g/mol. The highest BCUT2D eigenvalue weighted by atomic mass is 16.6. The average molecular weight is 319 g/mol. The lowest BCUT2D eigenvalue weighted by atomic mass is 10.1. The Labute approximate surface area is 137 Å². The van der Waals surface area contributed by atoms with Gasteiger partial charge in [-0.15, -0.1) is 0 Å². The molecule has 2 amide bonds. The van der Waals surface area contributed by atoms with E-state index in [0.29, 0.717) is 19.7 Å². The van der Waals surface area contributed by atoms with E-state index in [1.165, 1.54) is 0 Å². The normalized spacial score (nSPS) is 15.3. The SMILES string of the molecule is CCOC(=O)N1CCC(NCC(=O)Nc2cccc(C)c2)CC1. The van der Waals surface area contributed by atoms with Crippen molar-refractivity contribution in [3.8, 4) is 0 Å². The fraction of sp³-hybridized carbons (Fsp3) is 0.529. The molecule has 0 unspecified atom stereocenters. The van der Waals surface area contributed by atoms with Gasteiger partial charge in [0, 0.05) is 24.8 Å². The first kappa shape index (κ1) is 17.3. The predicted molar refractivity (Wildman–Crippen MR) is 89.4 cm³/mol. The fourth-order valence-corrected chi connectivity index (χ4v) is 2.65. The average Bonchev–Trinajstić information content (AvgIpc) is 2.54. The maximum atomic E-state index is 12.0. The van der Waals surface area contributed by atoms with Crippen molar-refractivity contribution in [2.45, 2.75) is 32.7 Å². The zero-order valence-electron chi connectivity index (χ0n) is 13.8. The van der Waals surface area contributed by atoms with Crippen LogP contribution in [0.4, 0.5) is 10.5 Å². The summed E-state index contributed by atoms with van der Waals surface area (Å²) in [4.78, 5) is 25.3. The highest BCUT2D eigenvalue weighted by Crippen LogP contribution is 2.12. The van der Waals surface area contributed by atoms with Crippen LogP contribution in [0.2, 0.25) is 0 Å². The Balaban J connectivity index is 1.69. The minimum absolute atomic E-state index is 0.0524. The molecule has 23 heavy (non-hydrogen) atoms. The Kier molecular flexibility index (Phi) is 6.40. The van der Waals surface area contributed by atoms with Gasteiger partial charge >= 0.3 is 6.09 Å². The van der Waals surface area contributed by atoms with Crippen molar-refractivity contribution in [3.63, 3.8) is 0 Å². The van der Waals surface area contributed by atoms with E-state index in [9.17, 15) is 9.59 Å². The molecule has 1 aromatic carbocycles. The molecule has 1 aromatic rings. The lowest BCUT2D eigenvalue weighted by Crippen LogP contribution is -2.46. The van der Waals surface area contributed by atoms with Crippen LogP contribution >= 0.6 is 0 Å². The summed E-state index contributed by atoms with van der Waals surface area (Å²) >= 11 is 0. The van der Waals surface area contributed by atoms with Gasteiger partial charge in [0.1, 0.15) is 0 Å². The molecule has 1 fully saturated rings. The molecule has 0 spiro atoms. The third-order valence-electron chi connectivity index (χ3n) is 3.87. The number of amides is 2. The number of carbonyl (C=O) groups is 2.